The van der Waals surface area contributed by atoms with Gasteiger partial charge in [-0.3, -0.25) is 14.4 Å². The molecule has 0 heterocycles. The predicted octanol–water partition coefficient (Wildman–Crippen LogP) is 17.1. The summed E-state index contributed by atoms with van der Waals surface area (Å²) >= 11 is 0. The lowest BCUT2D eigenvalue weighted by molar-refractivity contribution is -0.167. The molecule has 0 radical (unpaired) electrons. The lowest BCUT2D eigenvalue weighted by Gasteiger charge is -2.18. The normalized spacial score (nSPS) is 12.4. The average Bonchev–Trinajstić information content (AvgIpc) is 3.26. The quantitative estimate of drug-likeness (QED) is 0.0263. The fraction of sp³-hybridized carbons (Fsp3) is 0.800. The molecule has 354 valence electrons. The van der Waals surface area contributed by atoms with Crippen molar-refractivity contribution in [1.82, 2.24) is 0 Å². The number of hydrogen-bond acceptors (Lipinski definition) is 6. The Kier molecular flexibility index (Phi) is 47.9. The summed E-state index contributed by atoms with van der Waals surface area (Å²) in [6.45, 7) is 6.57. The van der Waals surface area contributed by atoms with E-state index in [1.165, 1.54) is 135 Å². The van der Waals surface area contributed by atoms with Crippen molar-refractivity contribution in [2.75, 3.05) is 13.2 Å². The first-order chi connectivity index (χ1) is 30.0. The molecule has 0 spiro atoms. The van der Waals surface area contributed by atoms with Crippen molar-refractivity contribution in [3.8, 4) is 0 Å². The van der Waals surface area contributed by atoms with Gasteiger partial charge in [0.2, 0.25) is 0 Å². The number of carbonyl (C=O) groups is 3. The van der Waals surface area contributed by atoms with E-state index in [1.54, 1.807) is 0 Å². The minimum Gasteiger partial charge on any atom is -0.462 e. The summed E-state index contributed by atoms with van der Waals surface area (Å²) in [6.07, 6.45) is 59.5. The van der Waals surface area contributed by atoms with E-state index in [-0.39, 0.29) is 31.1 Å². The highest BCUT2D eigenvalue weighted by Gasteiger charge is 2.19. The molecule has 1 atom stereocenters. The summed E-state index contributed by atoms with van der Waals surface area (Å²) in [5.74, 6) is -0.902. The molecule has 0 saturated carbocycles. The van der Waals surface area contributed by atoms with Gasteiger partial charge in [-0.05, 0) is 103 Å². The van der Waals surface area contributed by atoms with Crippen LogP contribution in [0.3, 0.4) is 0 Å². The van der Waals surface area contributed by atoms with E-state index >= 15 is 0 Å². The van der Waals surface area contributed by atoms with E-state index in [0.29, 0.717) is 19.3 Å². The topological polar surface area (TPSA) is 78.9 Å². The van der Waals surface area contributed by atoms with Gasteiger partial charge in [-0.25, -0.2) is 0 Å². The van der Waals surface area contributed by atoms with E-state index in [2.05, 4.69) is 69.4 Å². The van der Waals surface area contributed by atoms with Crippen molar-refractivity contribution in [3.63, 3.8) is 0 Å². The van der Waals surface area contributed by atoms with E-state index in [1.807, 2.05) is 0 Å². The molecule has 1 unspecified atom stereocenters. The van der Waals surface area contributed by atoms with Crippen LogP contribution in [0.15, 0.2) is 48.6 Å². The fourth-order valence-corrected chi connectivity index (χ4v) is 7.28. The van der Waals surface area contributed by atoms with Gasteiger partial charge in [-0.1, -0.05) is 191 Å². The molecular formula is C55H98O6. The zero-order valence-corrected chi connectivity index (χ0v) is 40.4. The highest BCUT2D eigenvalue weighted by atomic mass is 16.6. The lowest BCUT2D eigenvalue weighted by Crippen LogP contribution is -2.30. The van der Waals surface area contributed by atoms with Crippen LogP contribution in [0, 0.1) is 0 Å². The van der Waals surface area contributed by atoms with Gasteiger partial charge >= 0.3 is 17.9 Å². The van der Waals surface area contributed by atoms with Gasteiger partial charge in [0.15, 0.2) is 6.10 Å². The zero-order chi connectivity index (χ0) is 44.4. The first kappa shape index (κ1) is 58.4. The molecule has 0 N–H and O–H groups in total. The molecule has 0 aliphatic heterocycles. The summed E-state index contributed by atoms with van der Waals surface area (Å²) < 4.78 is 16.8. The largest absolute Gasteiger partial charge is 0.462 e. The summed E-state index contributed by atoms with van der Waals surface area (Å²) in [7, 11) is 0. The first-order valence-corrected chi connectivity index (χ1v) is 26.1. The smallest absolute Gasteiger partial charge is 0.306 e. The number of carbonyl (C=O) groups excluding carboxylic acids is 3. The number of hydrogen-bond donors (Lipinski definition) is 0. The maximum Gasteiger partial charge on any atom is 0.306 e. The number of allylic oxidation sites excluding steroid dienone is 8. The first-order valence-electron chi connectivity index (χ1n) is 26.1. The van der Waals surface area contributed by atoms with E-state index < -0.39 is 6.10 Å². The molecule has 61 heavy (non-hydrogen) atoms. The van der Waals surface area contributed by atoms with E-state index in [0.717, 1.165) is 89.9 Å². The Morgan fingerprint density at radius 2 is 0.590 bits per heavy atom. The molecule has 0 rings (SSSR count). The van der Waals surface area contributed by atoms with Crippen LogP contribution in [-0.2, 0) is 28.6 Å². The van der Waals surface area contributed by atoms with Crippen LogP contribution < -0.4 is 0 Å². The van der Waals surface area contributed by atoms with Gasteiger partial charge < -0.3 is 14.2 Å². The van der Waals surface area contributed by atoms with Crippen molar-refractivity contribution in [3.05, 3.63) is 48.6 Å². The second-order valence-electron chi connectivity index (χ2n) is 17.4. The van der Waals surface area contributed by atoms with Gasteiger partial charge in [0, 0.05) is 19.3 Å². The van der Waals surface area contributed by atoms with Crippen molar-refractivity contribution in [2.24, 2.45) is 0 Å². The molecule has 0 aliphatic rings. The van der Waals surface area contributed by atoms with E-state index in [4.69, 9.17) is 14.2 Å². The van der Waals surface area contributed by atoms with Crippen molar-refractivity contribution in [2.45, 2.75) is 271 Å². The Morgan fingerprint density at radius 3 is 0.951 bits per heavy atom. The molecule has 0 aromatic carbocycles. The molecule has 0 saturated heterocycles. The van der Waals surface area contributed by atoms with Crippen LogP contribution >= 0.6 is 0 Å². The van der Waals surface area contributed by atoms with Gasteiger partial charge in [-0.2, -0.15) is 0 Å². The molecule has 0 bridgehead atoms. The fourth-order valence-electron chi connectivity index (χ4n) is 7.28. The lowest BCUT2D eigenvalue weighted by atomic mass is 10.1. The highest BCUT2D eigenvalue weighted by molar-refractivity contribution is 5.71. The maximum absolute atomic E-state index is 12.8. The van der Waals surface area contributed by atoms with Crippen LogP contribution in [0.4, 0.5) is 0 Å². The SMILES string of the molecule is CCCCC/C=C\CCCCCCCC(=O)OCC(COC(=O)CCCCCCCCC/C=C\C/C=C\CCCCCC)OC(=O)CCCCCCC/C=C\CCCCCC. The Labute approximate surface area is 378 Å². The van der Waals surface area contributed by atoms with Gasteiger partial charge in [-0.15, -0.1) is 0 Å². The van der Waals surface area contributed by atoms with Crippen LogP contribution in [0.1, 0.15) is 265 Å². The summed E-state index contributed by atoms with van der Waals surface area (Å²) in [4.78, 5) is 37.9. The highest BCUT2D eigenvalue weighted by Crippen LogP contribution is 2.14. The summed E-state index contributed by atoms with van der Waals surface area (Å²) in [6, 6.07) is 0. The monoisotopic (exact) mass is 855 g/mol. The molecule has 6 heteroatoms. The van der Waals surface area contributed by atoms with Crippen LogP contribution in [-0.4, -0.2) is 37.2 Å². The van der Waals surface area contributed by atoms with Gasteiger partial charge in [0.25, 0.3) is 0 Å². The Hall–Kier alpha value is -2.63. The second-order valence-corrected chi connectivity index (χ2v) is 17.4. The van der Waals surface area contributed by atoms with Crippen LogP contribution in [0.25, 0.3) is 0 Å². The third kappa shape index (κ3) is 48.3. The van der Waals surface area contributed by atoms with Crippen LogP contribution in [0.2, 0.25) is 0 Å². The predicted molar refractivity (Wildman–Crippen MR) is 261 cm³/mol. The Balaban J connectivity index is 4.37. The van der Waals surface area contributed by atoms with Crippen LogP contribution in [0.5, 0.6) is 0 Å². The number of esters is 3. The Bertz CT molecular complexity index is 1070. The minimum atomic E-state index is -0.782. The molecule has 0 amide bonds. The number of ether oxygens (including phenoxy) is 3. The molecular weight excluding hydrogens is 757 g/mol. The van der Waals surface area contributed by atoms with Crippen molar-refractivity contribution >= 4 is 17.9 Å². The minimum absolute atomic E-state index is 0.0825. The van der Waals surface area contributed by atoms with E-state index in [9.17, 15) is 14.4 Å². The summed E-state index contributed by atoms with van der Waals surface area (Å²) in [5.41, 5.74) is 0. The molecule has 0 aliphatic carbocycles. The molecule has 0 fully saturated rings. The van der Waals surface area contributed by atoms with Gasteiger partial charge in [0.1, 0.15) is 13.2 Å². The standard InChI is InChI=1S/C55H98O6/c1-4-7-10-13-16-19-22-25-26-27-28-29-31-33-36-39-42-45-48-54(57)60-51-52(50-59-53(56)47-44-41-38-35-32-24-21-18-15-12-9-6-3)61-55(58)49-46-43-40-37-34-30-23-20-17-14-11-8-5-2/h18-23,26-27,52H,4-17,24-25,28-51H2,1-3H3/b21-18-,22-19-,23-20-,27-26-. The third-order valence-electron chi connectivity index (χ3n) is 11.3. The number of rotatable bonds is 47. The van der Waals surface area contributed by atoms with Crippen molar-refractivity contribution < 1.29 is 28.6 Å². The molecule has 0 aromatic rings. The average molecular weight is 855 g/mol. The molecule has 6 nitrogen and oxygen atoms in total. The second kappa shape index (κ2) is 50.0. The zero-order valence-electron chi connectivity index (χ0n) is 40.4. The molecule has 0 aromatic heterocycles. The number of unbranched alkanes of at least 4 members (excludes halogenated alkanes) is 28. The van der Waals surface area contributed by atoms with Crippen molar-refractivity contribution in [1.29, 1.82) is 0 Å². The van der Waals surface area contributed by atoms with Gasteiger partial charge in [0.05, 0.1) is 0 Å². The summed E-state index contributed by atoms with van der Waals surface area (Å²) in [5, 5.41) is 0. The Morgan fingerprint density at radius 1 is 0.328 bits per heavy atom. The maximum atomic E-state index is 12.8. The third-order valence-corrected chi connectivity index (χ3v) is 11.3.